The van der Waals surface area contributed by atoms with E-state index in [1.54, 1.807) is 0 Å². The molecule has 2 rings (SSSR count). The van der Waals surface area contributed by atoms with Crippen molar-refractivity contribution in [1.29, 1.82) is 0 Å². The van der Waals surface area contributed by atoms with Crippen LogP contribution in [0.3, 0.4) is 0 Å². The highest BCUT2D eigenvalue weighted by Gasteiger charge is 2.36. The first-order valence-corrected chi connectivity index (χ1v) is 10.8. The van der Waals surface area contributed by atoms with E-state index in [2.05, 4.69) is 42.3 Å². The van der Waals surface area contributed by atoms with Gasteiger partial charge in [-0.25, -0.2) is 0 Å². The first kappa shape index (κ1) is 28.6. The summed E-state index contributed by atoms with van der Waals surface area (Å²) < 4.78 is 58.2. The summed E-state index contributed by atoms with van der Waals surface area (Å²) >= 11 is 0. The summed E-state index contributed by atoms with van der Waals surface area (Å²) in [5.74, 6) is -0.750. The lowest BCUT2D eigenvalue weighted by Crippen LogP contribution is -2.42. The molecule has 2 fully saturated rings. The maximum Gasteiger partial charge on any atom is 0.163 e. The van der Waals surface area contributed by atoms with E-state index in [9.17, 15) is 0 Å². The first-order valence-electron chi connectivity index (χ1n) is 9.48. The third kappa shape index (κ3) is 18.1. The minimum Gasteiger partial charge on any atom is -0.759 e. The Morgan fingerprint density at radius 1 is 0.759 bits per heavy atom. The molecule has 0 aromatic carbocycles. The molecular formula is C18H40N2O8S. The minimum absolute atomic E-state index is 0.250. The van der Waals surface area contributed by atoms with Crippen LogP contribution < -0.4 is 0 Å². The Kier molecular flexibility index (Phi) is 10.2. The van der Waals surface area contributed by atoms with Gasteiger partial charge in [-0.3, -0.25) is 8.42 Å². The fourth-order valence-corrected chi connectivity index (χ4v) is 2.93. The second-order valence-electron chi connectivity index (χ2n) is 10.3. The lowest BCUT2D eigenvalue weighted by molar-refractivity contribution is -0.873. The van der Waals surface area contributed by atoms with Crippen LogP contribution in [0.1, 0.15) is 27.7 Å². The van der Waals surface area contributed by atoms with Gasteiger partial charge in [-0.2, -0.15) is 0 Å². The molecule has 0 aromatic rings. The van der Waals surface area contributed by atoms with E-state index in [0.29, 0.717) is 0 Å². The Hall–Kier alpha value is -0.370. The molecule has 11 heteroatoms. The van der Waals surface area contributed by atoms with Crippen LogP contribution in [0, 0.1) is 0 Å². The van der Waals surface area contributed by atoms with Gasteiger partial charge in [-0.15, -0.1) is 0 Å². The molecular weight excluding hydrogens is 404 g/mol. The van der Waals surface area contributed by atoms with Gasteiger partial charge in [0.1, 0.15) is 25.3 Å². The number of quaternary nitrogens is 2. The molecule has 0 aromatic heterocycles. The van der Waals surface area contributed by atoms with Crippen LogP contribution in [-0.4, -0.2) is 119 Å². The Balaban J connectivity index is 0.000000442. The van der Waals surface area contributed by atoms with Crippen LogP contribution in [0.5, 0.6) is 0 Å². The smallest absolute Gasteiger partial charge is 0.163 e. The minimum atomic E-state index is -5.17. The molecule has 2 saturated heterocycles. The number of rotatable bonds is 4. The number of hydrogen-bond donors (Lipinski definition) is 0. The Morgan fingerprint density at radius 2 is 1.00 bits per heavy atom. The second kappa shape index (κ2) is 10.3. The number of nitrogens with zero attached hydrogens (tertiary/aromatic N) is 2. The fourth-order valence-electron chi connectivity index (χ4n) is 2.93. The topological polar surface area (TPSA) is 117 Å². The van der Waals surface area contributed by atoms with Gasteiger partial charge in [-0.05, 0) is 27.7 Å². The summed E-state index contributed by atoms with van der Waals surface area (Å²) in [5.41, 5.74) is 0. The predicted molar refractivity (Wildman–Crippen MR) is 106 cm³/mol. The Labute approximate surface area is 176 Å². The van der Waals surface area contributed by atoms with Crippen molar-refractivity contribution in [2.24, 2.45) is 0 Å². The molecule has 0 N–H and O–H groups in total. The van der Waals surface area contributed by atoms with Gasteiger partial charge in [0, 0.05) is 10.4 Å². The van der Waals surface area contributed by atoms with E-state index >= 15 is 0 Å². The fraction of sp³-hybridized carbons (Fsp3) is 1.00. The van der Waals surface area contributed by atoms with E-state index in [1.165, 1.54) is 0 Å². The summed E-state index contributed by atoms with van der Waals surface area (Å²) in [6.07, 6.45) is 0.500. The van der Waals surface area contributed by atoms with Crippen molar-refractivity contribution in [3.05, 3.63) is 0 Å². The predicted octanol–water partition coefficient (Wildman–Crippen LogP) is 0.350. The van der Waals surface area contributed by atoms with E-state index in [1.807, 2.05) is 27.7 Å². The summed E-state index contributed by atoms with van der Waals surface area (Å²) in [5, 5.41) is 0. The van der Waals surface area contributed by atoms with Gasteiger partial charge in [0.25, 0.3) is 0 Å². The summed E-state index contributed by atoms with van der Waals surface area (Å²) in [7, 11) is 7.80. The third-order valence-electron chi connectivity index (χ3n) is 3.64. The van der Waals surface area contributed by atoms with Crippen molar-refractivity contribution in [3.8, 4) is 0 Å². The Bertz CT molecular complexity index is 548. The highest BCUT2D eigenvalue weighted by Crippen LogP contribution is 2.23. The molecule has 2 heterocycles. The van der Waals surface area contributed by atoms with Gasteiger partial charge < -0.3 is 37.0 Å². The molecule has 2 aliphatic heterocycles. The summed E-state index contributed by atoms with van der Waals surface area (Å²) in [6.45, 7) is 11.3. The molecule has 0 radical (unpaired) electrons. The quantitative estimate of drug-likeness (QED) is 0.346. The van der Waals surface area contributed by atoms with Gasteiger partial charge in [0.2, 0.25) is 0 Å². The molecule has 0 saturated carbocycles. The van der Waals surface area contributed by atoms with Crippen molar-refractivity contribution in [2.45, 2.75) is 51.5 Å². The molecule has 0 bridgehead atoms. The van der Waals surface area contributed by atoms with Crippen molar-refractivity contribution in [3.63, 3.8) is 0 Å². The third-order valence-corrected chi connectivity index (χ3v) is 3.64. The Morgan fingerprint density at radius 3 is 1.14 bits per heavy atom. The van der Waals surface area contributed by atoms with Crippen molar-refractivity contribution < 1.29 is 45.4 Å². The zero-order valence-corrected chi connectivity index (χ0v) is 20.4. The van der Waals surface area contributed by atoms with Gasteiger partial charge in [-0.1, -0.05) is 0 Å². The lowest BCUT2D eigenvalue weighted by atomic mass is 10.3. The van der Waals surface area contributed by atoms with Crippen LogP contribution in [0.2, 0.25) is 0 Å². The van der Waals surface area contributed by atoms with Gasteiger partial charge >= 0.3 is 0 Å². The molecule has 0 spiro atoms. The van der Waals surface area contributed by atoms with E-state index in [0.717, 1.165) is 35.3 Å². The summed E-state index contributed by atoms with van der Waals surface area (Å²) in [4.78, 5) is 0. The van der Waals surface area contributed by atoms with Crippen molar-refractivity contribution in [2.75, 3.05) is 68.6 Å². The van der Waals surface area contributed by atoms with E-state index in [4.69, 9.17) is 36.5 Å². The zero-order chi connectivity index (χ0) is 23.3. The number of ether oxygens (including phenoxy) is 4. The van der Waals surface area contributed by atoms with Gasteiger partial charge in [0.15, 0.2) is 11.6 Å². The highest BCUT2D eigenvalue weighted by atomic mass is 32.3. The maximum absolute atomic E-state index is 8.52. The summed E-state index contributed by atoms with van der Waals surface area (Å²) in [6, 6.07) is 0. The zero-order valence-electron chi connectivity index (χ0n) is 19.6. The van der Waals surface area contributed by atoms with Crippen LogP contribution in [0.15, 0.2) is 0 Å². The molecule has 0 aliphatic carbocycles. The number of likely N-dealkylation sites (N-methyl/N-ethyl adjacent to an activating group) is 2. The molecule has 2 unspecified atom stereocenters. The molecule has 0 amide bonds. The number of hydrogen-bond acceptors (Lipinski definition) is 8. The molecule has 2 aliphatic rings. The van der Waals surface area contributed by atoms with Crippen LogP contribution in [0.25, 0.3) is 0 Å². The molecule has 176 valence electrons. The van der Waals surface area contributed by atoms with Crippen LogP contribution >= 0.6 is 0 Å². The van der Waals surface area contributed by atoms with Crippen molar-refractivity contribution >= 4 is 10.4 Å². The van der Waals surface area contributed by atoms with E-state index in [-0.39, 0.29) is 23.8 Å². The normalized spacial score (nSPS) is 26.2. The van der Waals surface area contributed by atoms with Crippen LogP contribution in [-0.2, 0) is 29.3 Å². The highest BCUT2D eigenvalue weighted by molar-refractivity contribution is 7.79. The largest absolute Gasteiger partial charge is 0.759 e. The standard InChI is InChI=1S/2C9H20NO2.H2O4S/c2*1-9(2)11-7-8(12-9)6-10(3,4)5;1-5(2,3)4/h2*8H,6-7H2,1-5H3;(H2,1,2,3,4)/q2*+1;/p-2. The van der Waals surface area contributed by atoms with Crippen LogP contribution in [0.4, 0.5) is 0 Å². The van der Waals surface area contributed by atoms with Crippen molar-refractivity contribution in [1.82, 2.24) is 0 Å². The van der Waals surface area contributed by atoms with E-state index < -0.39 is 10.4 Å². The average molecular weight is 445 g/mol. The average Bonchev–Trinajstić information content (AvgIpc) is 2.86. The van der Waals surface area contributed by atoms with Gasteiger partial charge in [0.05, 0.1) is 55.5 Å². The molecule has 10 nitrogen and oxygen atoms in total. The molecule has 29 heavy (non-hydrogen) atoms. The molecule has 2 atom stereocenters. The lowest BCUT2D eigenvalue weighted by Gasteiger charge is -2.27. The first-order chi connectivity index (χ1) is 12.6. The monoisotopic (exact) mass is 444 g/mol. The second-order valence-corrected chi connectivity index (χ2v) is 11.1. The maximum atomic E-state index is 8.52. The SMILES string of the molecule is CC1(C)OCC(C[N+](C)(C)C)O1.CC1(C)OCC(C[N+](C)(C)C)O1.O=S(=O)([O-])[O-].